The highest BCUT2D eigenvalue weighted by atomic mass is 16.2. The van der Waals surface area contributed by atoms with E-state index in [9.17, 15) is 4.79 Å². The molecule has 0 saturated heterocycles. The maximum atomic E-state index is 10.5. The molecule has 0 aromatic rings. The van der Waals surface area contributed by atoms with Crippen LogP contribution >= 0.6 is 0 Å². The number of carbonyl (C=O) groups excluding carboxylic acids is 1. The third-order valence-electron chi connectivity index (χ3n) is 0.934. The maximum absolute atomic E-state index is 10.5. The van der Waals surface area contributed by atoms with Gasteiger partial charge in [0.1, 0.15) is 0 Å². The zero-order chi connectivity index (χ0) is 7.82. The molecule has 10 heavy (non-hydrogen) atoms. The molecule has 0 aromatic heterocycles. The van der Waals surface area contributed by atoms with Crippen molar-refractivity contribution >= 4 is 5.91 Å². The van der Waals surface area contributed by atoms with Gasteiger partial charge in [0.05, 0.1) is 0 Å². The second-order valence-electron chi connectivity index (χ2n) is 1.77. The van der Waals surface area contributed by atoms with Crippen molar-refractivity contribution in [2.75, 3.05) is 0 Å². The predicted octanol–water partition coefficient (Wildman–Crippen LogP) is 0.499. The van der Waals surface area contributed by atoms with Crippen LogP contribution in [0.1, 0.15) is 12.8 Å². The molecule has 0 unspecified atom stereocenters. The molecule has 0 fully saturated rings. The summed E-state index contributed by atoms with van der Waals surface area (Å²) in [7, 11) is 0. The van der Waals surface area contributed by atoms with Gasteiger partial charge in [-0.1, -0.05) is 18.2 Å². The Kier molecular flexibility index (Phi) is 5.38. The summed E-state index contributed by atoms with van der Waals surface area (Å²) in [5.74, 6) is 4.65. The minimum atomic E-state index is -0.180. The molecule has 0 spiro atoms. The van der Waals surface area contributed by atoms with E-state index in [1.54, 1.807) is 12.2 Å². The van der Waals surface area contributed by atoms with Crippen LogP contribution in [0.3, 0.4) is 0 Å². The van der Waals surface area contributed by atoms with E-state index in [-0.39, 0.29) is 5.91 Å². The Morgan fingerprint density at radius 3 is 2.80 bits per heavy atom. The molecule has 1 amide bonds. The molecule has 0 saturated carbocycles. The highest BCUT2D eigenvalue weighted by molar-refractivity contribution is 5.76. The summed E-state index contributed by atoms with van der Waals surface area (Å²) in [6, 6.07) is 0. The van der Waals surface area contributed by atoms with Crippen LogP contribution in [0.25, 0.3) is 0 Å². The Bertz CT molecular complexity index is 141. The van der Waals surface area contributed by atoms with Gasteiger partial charge in [-0.15, -0.1) is 6.58 Å². The van der Waals surface area contributed by atoms with E-state index >= 15 is 0 Å². The smallest absolute Gasteiger partial charge is 0.237 e. The van der Waals surface area contributed by atoms with E-state index in [1.807, 2.05) is 11.5 Å². The van der Waals surface area contributed by atoms with E-state index in [0.29, 0.717) is 6.42 Å². The summed E-state index contributed by atoms with van der Waals surface area (Å²) in [6.07, 6.45) is 6.51. The standard InChI is InChI=1S/C7H12N2O/c1-2-3-4-5-6-7(10)9-8/h2,4-5H,1,3,6,8H2,(H,9,10). The Morgan fingerprint density at radius 1 is 1.60 bits per heavy atom. The number of carbonyl (C=O) groups is 1. The van der Waals surface area contributed by atoms with Crippen LogP contribution in [0, 0.1) is 0 Å². The van der Waals surface area contributed by atoms with Gasteiger partial charge in [-0.25, -0.2) is 5.84 Å². The van der Waals surface area contributed by atoms with Crippen LogP contribution < -0.4 is 11.3 Å². The second kappa shape index (κ2) is 6.04. The molecular weight excluding hydrogens is 128 g/mol. The minimum Gasteiger partial charge on any atom is -0.294 e. The fourth-order valence-corrected chi connectivity index (χ4v) is 0.442. The fraction of sp³-hybridized carbons (Fsp3) is 0.286. The average Bonchev–Trinajstić information content (AvgIpc) is 1.98. The molecular formula is C7H12N2O. The highest BCUT2D eigenvalue weighted by Crippen LogP contribution is 1.86. The first-order valence-corrected chi connectivity index (χ1v) is 3.06. The topological polar surface area (TPSA) is 55.1 Å². The van der Waals surface area contributed by atoms with Gasteiger partial charge in [-0.2, -0.15) is 0 Å². The number of amides is 1. The van der Waals surface area contributed by atoms with Crippen LogP contribution in [0.5, 0.6) is 0 Å². The van der Waals surface area contributed by atoms with E-state index in [0.717, 1.165) is 6.42 Å². The quantitative estimate of drug-likeness (QED) is 0.258. The Labute approximate surface area is 60.6 Å². The lowest BCUT2D eigenvalue weighted by Gasteiger charge is -1.90. The molecule has 0 aliphatic carbocycles. The summed E-state index contributed by atoms with van der Waals surface area (Å²) >= 11 is 0. The second-order valence-corrected chi connectivity index (χ2v) is 1.77. The van der Waals surface area contributed by atoms with Crippen LogP contribution in [0.4, 0.5) is 0 Å². The molecule has 0 aromatic carbocycles. The minimum absolute atomic E-state index is 0.180. The number of rotatable bonds is 4. The number of nitrogens with two attached hydrogens (primary N) is 1. The first-order valence-electron chi connectivity index (χ1n) is 3.06. The van der Waals surface area contributed by atoms with Crippen LogP contribution in [0.15, 0.2) is 24.8 Å². The molecule has 0 radical (unpaired) electrons. The largest absolute Gasteiger partial charge is 0.294 e. The normalized spacial score (nSPS) is 9.70. The Balaban J connectivity index is 3.33. The zero-order valence-corrected chi connectivity index (χ0v) is 5.84. The van der Waals surface area contributed by atoms with Crippen molar-refractivity contribution in [3.05, 3.63) is 24.8 Å². The molecule has 0 aliphatic heterocycles. The van der Waals surface area contributed by atoms with Crippen molar-refractivity contribution in [1.29, 1.82) is 0 Å². The van der Waals surface area contributed by atoms with Gasteiger partial charge in [0.25, 0.3) is 0 Å². The summed E-state index contributed by atoms with van der Waals surface area (Å²) in [6.45, 7) is 3.52. The average molecular weight is 140 g/mol. The number of hydrogen-bond donors (Lipinski definition) is 2. The molecule has 0 aliphatic rings. The van der Waals surface area contributed by atoms with Crippen molar-refractivity contribution in [2.45, 2.75) is 12.8 Å². The molecule has 56 valence electrons. The molecule has 3 N–H and O–H groups in total. The molecule has 0 bridgehead atoms. The molecule has 0 rings (SSSR count). The zero-order valence-electron chi connectivity index (χ0n) is 5.84. The van der Waals surface area contributed by atoms with Gasteiger partial charge in [-0.3, -0.25) is 10.2 Å². The van der Waals surface area contributed by atoms with Crippen LogP contribution in [-0.4, -0.2) is 5.91 Å². The van der Waals surface area contributed by atoms with E-state index in [4.69, 9.17) is 5.84 Å². The third kappa shape index (κ3) is 5.05. The Hall–Kier alpha value is -1.09. The van der Waals surface area contributed by atoms with Gasteiger partial charge < -0.3 is 0 Å². The maximum Gasteiger partial charge on any atom is 0.237 e. The van der Waals surface area contributed by atoms with Crippen molar-refractivity contribution < 1.29 is 4.79 Å². The van der Waals surface area contributed by atoms with Gasteiger partial charge in [0.15, 0.2) is 0 Å². The van der Waals surface area contributed by atoms with Crippen molar-refractivity contribution in [2.24, 2.45) is 5.84 Å². The number of allylic oxidation sites excluding steroid dienone is 2. The van der Waals surface area contributed by atoms with Gasteiger partial charge in [-0.05, 0) is 6.42 Å². The third-order valence-corrected chi connectivity index (χ3v) is 0.934. The molecule has 3 nitrogen and oxygen atoms in total. The van der Waals surface area contributed by atoms with Crippen LogP contribution in [-0.2, 0) is 4.79 Å². The lowest BCUT2D eigenvalue weighted by atomic mass is 10.3. The van der Waals surface area contributed by atoms with Gasteiger partial charge >= 0.3 is 0 Å². The first kappa shape index (κ1) is 8.91. The number of nitrogens with one attached hydrogen (secondary N) is 1. The fourth-order valence-electron chi connectivity index (χ4n) is 0.442. The highest BCUT2D eigenvalue weighted by Gasteiger charge is 1.89. The van der Waals surface area contributed by atoms with Gasteiger partial charge in [0, 0.05) is 6.42 Å². The van der Waals surface area contributed by atoms with E-state index in [1.165, 1.54) is 0 Å². The number of hydrazine groups is 1. The van der Waals surface area contributed by atoms with Gasteiger partial charge in [0.2, 0.25) is 5.91 Å². The van der Waals surface area contributed by atoms with E-state index < -0.39 is 0 Å². The first-order chi connectivity index (χ1) is 4.81. The lowest BCUT2D eigenvalue weighted by molar-refractivity contribution is -0.120. The van der Waals surface area contributed by atoms with Crippen molar-refractivity contribution in [3.63, 3.8) is 0 Å². The van der Waals surface area contributed by atoms with E-state index in [2.05, 4.69) is 6.58 Å². The van der Waals surface area contributed by atoms with Crippen molar-refractivity contribution in [3.8, 4) is 0 Å². The summed E-state index contributed by atoms with van der Waals surface area (Å²) in [4.78, 5) is 10.5. The Morgan fingerprint density at radius 2 is 2.30 bits per heavy atom. The molecule has 3 heteroatoms. The van der Waals surface area contributed by atoms with Crippen LogP contribution in [0.2, 0.25) is 0 Å². The SMILES string of the molecule is C=CCC=CCC(=O)NN. The summed E-state index contributed by atoms with van der Waals surface area (Å²) in [5.41, 5.74) is 2.03. The molecule has 0 atom stereocenters. The monoisotopic (exact) mass is 140 g/mol. The number of hydrogen-bond acceptors (Lipinski definition) is 2. The molecule has 0 heterocycles. The predicted molar refractivity (Wildman–Crippen MR) is 40.9 cm³/mol. The summed E-state index contributed by atoms with van der Waals surface area (Å²) in [5, 5.41) is 0. The lowest BCUT2D eigenvalue weighted by Crippen LogP contribution is -2.29. The summed E-state index contributed by atoms with van der Waals surface area (Å²) < 4.78 is 0. The van der Waals surface area contributed by atoms with Crippen molar-refractivity contribution in [1.82, 2.24) is 5.43 Å².